The lowest BCUT2D eigenvalue weighted by Crippen LogP contribution is -2.24. The first-order valence-corrected chi connectivity index (χ1v) is 6.56. The van der Waals surface area contributed by atoms with Crippen molar-refractivity contribution in [3.8, 4) is 6.07 Å². The summed E-state index contributed by atoms with van der Waals surface area (Å²) in [7, 11) is 0. The number of pyridine rings is 1. The first-order chi connectivity index (χ1) is 10.1. The molecule has 106 valence electrons. The Morgan fingerprint density at radius 3 is 2.90 bits per heavy atom. The predicted octanol–water partition coefficient (Wildman–Crippen LogP) is 2.06. The van der Waals surface area contributed by atoms with Crippen molar-refractivity contribution in [1.82, 2.24) is 4.57 Å². The van der Waals surface area contributed by atoms with Gasteiger partial charge in [0.1, 0.15) is 0 Å². The van der Waals surface area contributed by atoms with Crippen LogP contribution in [0.25, 0.3) is 0 Å². The summed E-state index contributed by atoms with van der Waals surface area (Å²) in [5.41, 5.74) is 1.63. The van der Waals surface area contributed by atoms with Crippen LogP contribution in [-0.4, -0.2) is 10.5 Å². The van der Waals surface area contributed by atoms with Crippen LogP contribution in [0.5, 0.6) is 0 Å². The minimum Gasteiger partial charge on any atom is -0.326 e. The van der Waals surface area contributed by atoms with E-state index in [1.807, 2.05) is 6.07 Å². The normalized spacial score (nSPS) is 9.90. The van der Waals surface area contributed by atoms with Crippen molar-refractivity contribution in [2.45, 2.75) is 19.9 Å². The van der Waals surface area contributed by atoms with Crippen LogP contribution in [0.1, 0.15) is 17.5 Å². The van der Waals surface area contributed by atoms with Crippen molar-refractivity contribution in [2.75, 3.05) is 5.32 Å². The SMILES string of the molecule is Cc1cccn(CCC(=O)Nc2cccc(C#N)c2)c1=O. The van der Waals surface area contributed by atoms with Gasteiger partial charge in [0.05, 0.1) is 11.6 Å². The summed E-state index contributed by atoms with van der Waals surface area (Å²) < 4.78 is 1.51. The maximum absolute atomic E-state index is 11.9. The molecule has 0 fully saturated rings. The molecule has 0 aliphatic heterocycles. The zero-order valence-corrected chi connectivity index (χ0v) is 11.7. The fraction of sp³-hybridized carbons (Fsp3) is 0.188. The summed E-state index contributed by atoms with van der Waals surface area (Å²) in [6, 6.07) is 12.2. The van der Waals surface area contributed by atoms with Crippen molar-refractivity contribution in [2.24, 2.45) is 0 Å². The zero-order chi connectivity index (χ0) is 15.2. The third-order valence-electron chi connectivity index (χ3n) is 3.07. The first-order valence-electron chi connectivity index (χ1n) is 6.56. The van der Waals surface area contributed by atoms with Gasteiger partial charge in [0.15, 0.2) is 0 Å². The number of hydrogen-bond donors (Lipinski definition) is 1. The van der Waals surface area contributed by atoms with E-state index in [-0.39, 0.29) is 17.9 Å². The number of nitrogens with zero attached hydrogens (tertiary/aromatic N) is 2. The molecule has 0 spiro atoms. The molecule has 0 aliphatic carbocycles. The van der Waals surface area contributed by atoms with E-state index in [0.717, 1.165) is 0 Å². The number of amides is 1. The van der Waals surface area contributed by atoms with Crippen molar-refractivity contribution >= 4 is 11.6 Å². The Bertz CT molecular complexity index is 757. The van der Waals surface area contributed by atoms with Gasteiger partial charge in [0.2, 0.25) is 5.91 Å². The Hall–Kier alpha value is -2.87. The second-order valence-electron chi connectivity index (χ2n) is 4.68. The lowest BCUT2D eigenvalue weighted by molar-refractivity contribution is -0.116. The lowest BCUT2D eigenvalue weighted by atomic mass is 10.2. The minimum atomic E-state index is -0.196. The molecule has 0 unspecified atom stereocenters. The molecule has 2 rings (SSSR count). The maximum Gasteiger partial charge on any atom is 0.253 e. The number of hydrogen-bond acceptors (Lipinski definition) is 3. The number of aromatic nitrogens is 1. The highest BCUT2D eigenvalue weighted by Crippen LogP contribution is 2.10. The zero-order valence-electron chi connectivity index (χ0n) is 11.7. The molecule has 1 aromatic carbocycles. The van der Waals surface area contributed by atoms with Crippen molar-refractivity contribution < 1.29 is 4.79 Å². The van der Waals surface area contributed by atoms with Gasteiger partial charge in [-0.05, 0) is 31.2 Å². The second kappa shape index (κ2) is 6.53. The average molecular weight is 281 g/mol. The van der Waals surface area contributed by atoms with Crippen molar-refractivity contribution in [3.63, 3.8) is 0 Å². The van der Waals surface area contributed by atoms with E-state index in [2.05, 4.69) is 5.32 Å². The monoisotopic (exact) mass is 281 g/mol. The van der Waals surface area contributed by atoms with E-state index in [0.29, 0.717) is 23.4 Å². The van der Waals surface area contributed by atoms with E-state index in [4.69, 9.17) is 5.26 Å². The maximum atomic E-state index is 11.9. The van der Waals surface area contributed by atoms with E-state index in [9.17, 15) is 9.59 Å². The van der Waals surface area contributed by atoms with E-state index >= 15 is 0 Å². The summed E-state index contributed by atoms with van der Waals surface area (Å²) in [4.78, 5) is 23.7. The van der Waals surface area contributed by atoms with Gasteiger partial charge < -0.3 is 9.88 Å². The van der Waals surface area contributed by atoms with Crippen LogP contribution in [0.15, 0.2) is 47.4 Å². The predicted molar refractivity (Wildman–Crippen MR) is 79.8 cm³/mol. The number of rotatable bonds is 4. The number of nitriles is 1. The van der Waals surface area contributed by atoms with Gasteiger partial charge in [-0.3, -0.25) is 9.59 Å². The molecular weight excluding hydrogens is 266 g/mol. The number of carbonyl (C=O) groups excluding carboxylic acids is 1. The molecule has 0 radical (unpaired) electrons. The van der Waals surface area contributed by atoms with Crippen LogP contribution >= 0.6 is 0 Å². The standard InChI is InChI=1S/C16H15N3O2/c1-12-4-3-8-19(16(12)21)9-7-15(20)18-14-6-2-5-13(10-14)11-17/h2-6,8,10H,7,9H2,1H3,(H,18,20). The number of nitrogens with one attached hydrogen (secondary N) is 1. The summed E-state index contributed by atoms with van der Waals surface area (Å²) in [6.45, 7) is 2.07. The topological polar surface area (TPSA) is 74.9 Å². The van der Waals surface area contributed by atoms with E-state index < -0.39 is 0 Å². The van der Waals surface area contributed by atoms with Crippen molar-refractivity contribution in [3.05, 3.63) is 64.1 Å². The third kappa shape index (κ3) is 3.80. The molecule has 5 heteroatoms. The molecule has 0 bridgehead atoms. The fourth-order valence-corrected chi connectivity index (χ4v) is 1.94. The Balaban J connectivity index is 1.98. The molecule has 0 aliphatic rings. The molecule has 1 heterocycles. The first kappa shape index (κ1) is 14.5. The summed E-state index contributed by atoms with van der Waals surface area (Å²) in [5, 5.41) is 11.5. The van der Waals surface area contributed by atoms with Gasteiger partial charge >= 0.3 is 0 Å². The van der Waals surface area contributed by atoms with Gasteiger partial charge in [-0.1, -0.05) is 12.1 Å². The molecule has 2 aromatic rings. The Morgan fingerprint density at radius 2 is 2.14 bits per heavy atom. The molecule has 5 nitrogen and oxygen atoms in total. The molecule has 0 saturated heterocycles. The Labute approximate surface area is 122 Å². The number of carbonyl (C=O) groups is 1. The van der Waals surface area contributed by atoms with E-state index in [1.54, 1.807) is 49.5 Å². The second-order valence-corrected chi connectivity index (χ2v) is 4.68. The highest BCUT2D eigenvalue weighted by Gasteiger charge is 2.05. The molecular formula is C16H15N3O2. The summed E-state index contributed by atoms with van der Waals surface area (Å²) in [6.07, 6.45) is 1.86. The largest absolute Gasteiger partial charge is 0.326 e. The smallest absolute Gasteiger partial charge is 0.253 e. The van der Waals surface area contributed by atoms with Crippen LogP contribution in [0.4, 0.5) is 5.69 Å². The number of anilines is 1. The summed E-state index contributed by atoms with van der Waals surface area (Å²) >= 11 is 0. The molecule has 0 atom stereocenters. The van der Waals surface area contributed by atoms with Crippen LogP contribution in [0.3, 0.4) is 0 Å². The summed E-state index contributed by atoms with van der Waals surface area (Å²) in [5.74, 6) is -0.196. The molecule has 1 aromatic heterocycles. The highest BCUT2D eigenvalue weighted by molar-refractivity contribution is 5.90. The highest BCUT2D eigenvalue weighted by atomic mass is 16.1. The molecule has 21 heavy (non-hydrogen) atoms. The van der Waals surface area contributed by atoms with Gasteiger partial charge in [0, 0.05) is 30.4 Å². The Kier molecular flexibility index (Phi) is 4.52. The quantitative estimate of drug-likeness (QED) is 0.932. The number of benzene rings is 1. The van der Waals surface area contributed by atoms with Crippen LogP contribution < -0.4 is 10.9 Å². The average Bonchev–Trinajstić information content (AvgIpc) is 2.49. The van der Waals surface area contributed by atoms with Gasteiger partial charge in [-0.15, -0.1) is 0 Å². The molecule has 0 saturated carbocycles. The van der Waals surface area contributed by atoms with Gasteiger partial charge in [-0.2, -0.15) is 5.26 Å². The number of aryl methyl sites for hydroxylation is 2. The van der Waals surface area contributed by atoms with Crippen LogP contribution in [0, 0.1) is 18.3 Å². The van der Waals surface area contributed by atoms with Crippen LogP contribution in [0.2, 0.25) is 0 Å². The fourth-order valence-electron chi connectivity index (χ4n) is 1.94. The van der Waals surface area contributed by atoms with Gasteiger partial charge in [0.25, 0.3) is 5.56 Å². The Morgan fingerprint density at radius 1 is 1.33 bits per heavy atom. The lowest BCUT2D eigenvalue weighted by Gasteiger charge is -2.08. The van der Waals surface area contributed by atoms with Gasteiger partial charge in [-0.25, -0.2) is 0 Å². The van der Waals surface area contributed by atoms with Crippen LogP contribution in [-0.2, 0) is 11.3 Å². The molecule has 1 amide bonds. The van der Waals surface area contributed by atoms with Crippen molar-refractivity contribution in [1.29, 1.82) is 5.26 Å². The van der Waals surface area contributed by atoms with E-state index in [1.165, 1.54) is 4.57 Å². The molecule has 1 N–H and O–H groups in total. The third-order valence-corrected chi connectivity index (χ3v) is 3.07. The minimum absolute atomic E-state index is 0.0863.